The smallest absolute Gasteiger partial charge is 0.267 e. The molecule has 2 aromatic carbocycles. The topological polar surface area (TPSA) is 78.9 Å². The zero-order valence-electron chi connectivity index (χ0n) is 11.0. The van der Waals surface area contributed by atoms with E-state index in [1.54, 1.807) is 24.3 Å². The van der Waals surface area contributed by atoms with Crippen molar-refractivity contribution in [2.45, 2.75) is 0 Å². The van der Waals surface area contributed by atoms with Gasteiger partial charge in [-0.2, -0.15) is 5.26 Å². The molecule has 1 heterocycles. The number of fused-ring (bicyclic) bond motifs is 1. The Labute approximate surface area is 125 Å². The molecule has 1 aromatic heterocycles. The molecule has 0 bridgehead atoms. The number of nitrogen functional groups attached to an aromatic ring is 1. The number of nitriles is 1. The van der Waals surface area contributed by atoms with E-state index in [-0.39, 0.29) is 5.91 Å². The highest BCUT2D eigenvalue weighted by Gasteiger charge is 2.17. The SMILES string of the molecule is N#Cc1ccccc1NC(=O)c1sc2ccccc2c1N. The number of hydrogen-bond donors (Lipinski definition) is 2. The van der Waals surface area contributed by atoms with E-state index in [1.807, 2.05) is 24.3 Å². The van der Waals surface area contributed by atoms with Crippen molar-refractivity contribution in [3.8, 4) is 6.07 Å². The summed E-state index contributed by atoms with van der Waals surface area (Å²) in [6, 6.07) is 16.5. The number of para-hydroxylation sites is 1. The van der Waals surface area contributed by atoms with Gasteiger partial charge in [-0.05, 0) is 18.2 Å². The van der Waals surface area contributed by atoms with E-state index in [0.717, 1.165) is 10.1 Å². The monoisotopic (exact) mass is 293 g/mol. The third-order valence-electron chi connectivity index (χ3n) is 3.14. The first-order valence-electron chi connectivity index (χ1n) is 6.28. The van der Waals surface area contributed by atoms with Gasteiger partial charge in [-0.15, -0.1) is 11.3 Å². The molecule has 3 rings (SSSR count). The number of nitrogens with zero attached hydrogens (tertiary/aromatic N) is 1. The maximum atomic E-state index is 12.4. The lowest BCUT2D eigenvalue weighted by atomic mass is 10.2. The Balaban J connectivity index is 1.98. The summed E-state index contributed by atoms with van der Waals surface area (Å²) in [4.78, 5) is 12.8. The molecule has 0 unspecified atom stereocenters. The first-order valence-corrected chi connectivity index (χ1v) is 7.10. The van der Waals surface area contributed by atoms with Gasteiger partial charge in [0.2, 0.25) is 0 Å². The molecule has 21 heavy (non-hydrogen) atoms. The number of carbonyl (C=O) groups excluding carboxylic acids is 1. The van der Waals surface area contributed by atoms with Crippen molar-refractivity contribution >= 4 is 38.7 Å². The second kappa shape index (κ2) is 5.27. The van der Waals surface area contributed by atoms with Crippen molar-refractivity contribution in [1.82, 2.24) is 0 Å². The Kier molecular flexibility index (Phi) is 3.30. The molecule has 0 saturated carbocycles. The van der Waals surface area contributed by atoms with Gasteiger partial charge in [0, 0.05) is 10.1 Å². The first-order chi connectivity index (χ1) is 10.2. The molecule has 0 aliphatic rings. The van der Waals surface area contributed by atoms with Crippen LogP contribution in [0.15, 0.2) is 48.5 Å². The fraction of sp³-hybridized carbons (Fsp3) is 0. The molecule has 0 aliphatic carbocycles. The zero-order chi connectivity index (χ0) is 14.8. The molecule has 3 aromatic rings. The third-order valence-corrected chi connectivity index (χ3v) is 4.32. The summed E-state index contributed by atoms with van der Waals surface area (Å²) in [5.74, 6) is -0.295. The van der Waals surface area contributed by atoms with Crippen molar-refractivity contribution in [2.75, 3.05) is 11.1 Å². The van der Waals surface area contributed by atoms with Gasteiger partial charge in [0.1, 0.15) is 10.9 Å². The Hall–Kier alpha value is -2.84. The van der Waals surface area contributed by atoms with Gasteiger partial charge < -0.3 is 11.1 Å². The normalized spacial score (nSPS) is 10.2. The van der Waals surface area contributed by atoms with E-state index in [2.05, 4.69) is 11.4 Å². The first kappa shape index (κ1) is 13.2. The molecule has 5 heteroatoms. The van der Waals surface area contributed by atoms with Crippen molar-refractivity contribution in [1.29, 1.82) is 5.26 Å². The van der Waals surface area contributed by atoms with Crippen molar-refractivity contribution < 1.29 is 4.79 Å². The third kappa shape index (κ3) is 2.33. The molecule has 0 spiro atoms. The highest BCUT2D eigenvalue weighted by molar-refractivity contribution is 7.21. The van der Waals surface area contributed by atoms with Gasteiger partial charge in [-0.3, -0.25) is 4.79 Å². The Morgan fingerprint density at radius 1 is 1.14 bits per heavy atom. The van der Waals surface area contributed by atoms with Crippen LogP contribution in [0.1, 0.15) is 15.2 Å². The van der Waals surface area contributed by atoms with Gasteiger partial charge >= 0.3 is 0 Å². The lowest BCUT2D eigenvalue weighted by Crippen LogP contribution is -2.12. The number of nitrogens with one attached hydrogen (secondary N) is 1. The van der Waals surface area contributed by atoms with Gasteiger partial charge in [0.05, 0.1) is 16.9 Å². The molecule has 1 amide bonds. The molecular weight excluding hydrogens is 282 g/mol. The van der Waals surface area contributed by atoms with Crippen LogP contribution in [0.2, 0.25) is 0 Å². The van der Waals surface area contributed by atoms with Crippen molar-refractivity contribution in [3.05, 3.63) is 59.0 Å². The van der Waals surface area contributed by atoms with Crippen LogP contribution in [-0.4, -0.2) is 5.91 Å². The molecule has 3 N–H and O–H groups in total. The predicted octanol–water partition coefficient (Wildman–Crippen LogP) is 3.61. The molecule has 102 valence electrons. The summed E-state index contributed by atoms with van der Waals surface area (Å²) in [6.45, 7) is 0. The summed E-state index contributed by atoms with van der Waals surface area (Å²) in [6.07, 6.45) is 0. The van der Waals surface area contributed by atoms with Gasteiger partial charge in [0.25, 0.3) is 5.91 Å². The fourth-order valence-electron chi connectivity index (χ4n) is 2.10. The number of nitrogens with two attached hydrogens (primary N) is 1. The summed E-state index contributed by atoms with van der Waals surface area (Å²) in [7, 11) is 0. The van der Waals surface area contributed by atoms with Crippen LogP contribution in [0.4, 0.5) is 11.4 Å². The number of carbonyl (C=O) groups is 1. The molecule has 0 fully saturated rings. The van der Waals surface area contributed by atoms with Crippen LogP contribution < -0.4 is 11.1 Å². The number of benzene rings is 2. The van der Waals surface area contributed by atoms with Gasteiger partial charge in [0.15, 0.2) is 0 Å². The number of hydrogen-bond acceptors (Lipinski definition) is 4. The maximum absolute atomic E-state index is 12.4. The van der Waals surface area contributed by atoms with Crippen LogP contribution >= 0.6 is 11.3 Å². The van der Waals surface area contributed by atoms with E-state index in [1.165, 1.54) is 11.3 Å². The van der Waals surface area contributed by atoms with E-state index in [4.69, 9.17) is 11.0 Å². The number of thiophene rings is 1. The Bertz CT molecular complexity index is 877. The Morgan fingerprint density at radius 2 is 1.86 bits per heavy atom. The van der Waals surface area contributed by atoms with Crippen LogP contribution in [0.3, 0.4) is 0 Å². The maximum Gasteiger partial charge on any atom is 0.267 e. The van der Waals surface area contributed by atoms with Crippen molar-refractivity contribution in [3.63, 3.8) is 0 Å². The Morgan fingerprint density at radius 3 is 2.62 bits per heavy atom. The second-order valence-corrected chi connectivity index (χ2v) is 5.50. The summed E-state index contributed by atoms with van der Waals surface area (Å²) in [5, 5.41) is 12.7. The van der Waals surface area contributed by atoms with Crippen LogP contribution in [0, 0.1) is 11.3 Å². The van der Waals surface area contributed by atoms with E-state index < -0.39 is 0 Å². The minimum absolute atomic E-state index is 0.295. The van der Waals surface area contributed by atoms with E-state index in [9.17, 15) is 4.79 Å². The largest absolute Gasteiger partial charge is 0.397 e. The van der Waals surface area contributed by atoms with Gasteiger partial charge in [-0.1, -0.05) is 30.3 Å². The average molecular weight is 293 g/mol. The molecule has 4 nitrogen and oxygen atoms in total. The lowest BCUT2D eigenvalue weighted by Gasteiger charge is -2.05. The number of amides is 1. The standard InChI is InChI=1S/C16H11N3OS/c17-9-10-5-1-3-7-12(10)19-16(20)15-14(18)11-6-2-4-8-13(11)21-15/h1-8H,18H2,(H,19,20). The van der Waals surface area contributed by atoms with Crippen LogP contribution in [0.5, 0.6) is 0 Å². The van der Waals surface area contributed by atoms with E-state index >= 15 is 0 Å². The fourth-order valence-corrected chi connectivity index (χ4v) is 3.12. The molecule has 0 radical (unpaired) electrons. The predicted molar refractivity (Wildman–Crippen MR) is 85.3 cm³/mol. The zero-order valence-corrected chi connectivity index (χ0v) is 11.8. The lowest BCUT2D eigenvalue weighted by molar-refractivity contribution is 0.103. The molecule has 0 atom stereocenters. The molecule has 0 aliphatic heterocycles. The minimum atomic E-state index is -0.295. The quantitative estimate of drug-likeness (QED) is 0.757. The van der Waals surface area contributed by atoms with E-state index in [0.29, 0.717) is 21.8 Å². The van der Waals surface area contributed by atoms with Gasteiger partial charge in [-0.25, -0.2) is 0 Å². The summed E-state index contributed by atoms with van der Waals surface area (Å²) < 4.78 is 0.966. The molecule has 0 saturated heterocycles. The van der Waals surface area contributed by atoms with Crippen LogP contribution in [-0.2, 0) is 0 Å². The minimum Gasteiger partial charge on any atom is -0.397 e. The summed E-state index contributed by atoms with van der Waals surface area (Å²) in [5.41, 5.74) is 7.43. The van der Waals surface area contributed by atoms with Crippen LogP contribution in [0.25, 0.3) is 10.1 Å². The highest BCUT2D eigenvalue weighted by atomic mass is 32.1. The van der Waals surface area contributed by atoms with Crippen molar-refractivity contribution in [2.24, 2.45) is 0 Å². The highest BCUT2D eigenvalue weighted by Crippen LogP contribution is 2.33. The average Bonchev–Trinajstić information content (AvgIpc) is 2.85. The molecular formula is C16H11N3OS. The second-order valence-electron chi connectivity index (χ2n) is 4.45. The number of anilines is 2. The number of rotatable bonds is 2. The summed E-state index contributed by atoms with van der Waals surface area (Å²) >= 11 is 1.34.